The van der Waals surface area contributed by atoms with Gasteiger partial charge in [-0.15, -0.1) is 0 Å². The number of primary amides is 1. The molecule has 3 aromatic rings. The Bertz CT molecular complexity index is 1070. The van der Waals surface area contributed by atoms with E-state index in [9.17, 15) is 4.79 Å². The standard InChI is InChI=1S/C22H19N3O3/c1-14-9-16(4-6-19(14)22(24)26)20-10-15(7-8-25-20)13-28-18-5-3-17(12-23)21(11-18)27-2/h3-11H,13H2,1-2H3,(H2,24,26). The first-order chi connectivity index (χ1) is 13.5. The quantitative estimate of drug-likeness (QED) is 0.712. The van der Waals surface area contributed by atoms with Crippen molar-refractivity contribution in [3.05, 3.63) is 77.0 Å². The molecule has 0 aliphatic carbocycles. The highest BCUT2D eigenvalue weighted by atomic mass is 16.5. The van der Waals surface area contributed by atoms with E-state index >= 15 is 0 Å². The molecule has 0 radical (unpaired) electrons. The summed E-state index contributed by atoms with van der Waals surface area (Å²) in [6, 6.07) is 16.4. The van der Waals surface area contributed by atoms with E-state index < -0.39 is 5.91 Å². The van der Waals surface area contributed by atoms with Gasteiger partial charge in [0.25, 0.3) is 0 Å². The summed E-state index contributed by atoms with van der Waals surface area (Å²) >= 11 is 0. The zero-order chi connectivity index (χ0) is 20.1. The molecule has 0 unspecified atom stereocenters. The molecule has 0 fully saturated rings. The number of ether oxygens (including phenoxy) is 2. The summed E-state index contributed by atoms with van der Waals surface area (Å²) in [6.07, 6.45) is 1.71. The SMILES string of the molecule is COc1cc(OCc2ccnc(-c3ccc(C(N)=O)c(C)c3)c2)ccc1C#N. The minimum Gasteiger partial charge on any atom is -0.495 e. The lowest BCUT2D eigenvalue weighted by Gasteiger charge is -2.10. The molecule has 0 aliphatic rings. The first kappa shape index (κ1) is 18.9. The van der Waals surface area contributed by atoms with E-state index in [1.165, 1.54) is 7.11 Å². The Morgan fingerprint density at radius 1 is 1.18 bits per heavy atom. The number of carbonyl (C=O) groups is 1. The van der Waals surface area contributed by atoms with Gasteiger partial charge in [0, 0.05) is 23.4 Å². The highest BCUT2D eigenvalue weighted by molar-refractivity contribution is 5.94. The number of benzene rings is 2. The molecule has 28 heavy (non-hydrogen) atoms. The van der Waals surface area contributed by atoms with Crippen LogP contribution in [0.5, 0.6) is 11.5 Å². The molecule has 0 saturated heterocycles. The van der Waals surface area contributed by atoms with Crippen molar-refractivity contribution in [1.82, 2.24) is 4.98 Å². The summed E-state index contributed by atoms with van der Waals surface area (Å²) < 4.78 is 11.0. The maximum atomic E-state index is 11.4. The van der Waals surface area contributed by atoms with Gasteiger partial charge in [0.05, 0.1) is 18.4 Å². The lowest BCUT2D eigenvalue weighted by Crippen LogP contribution is -2.12. The molecule has 140 valence electrons. The van der Waals surface area contributed by atoms with Crippen LogP contribution in [0.25, 0.3) is 11.3 Å². The maximum Gasteiger partial charge on any atom is 0.248 e. The van der Waals surface area contributed by atoms with Crippen molar-refractivity contribution in [3.8, 4) is 28.8 Å². The Balaban J connectivity index is 1.78. The molecule has 1 aromatic heterocycles. The van der Waals surface area contributed by atoms with Crippen LogP contribution in [0.15, 0.2) is 54.7 Å². The van der Waals surface area contributed by atoms with Gasteiger partial charge in [-0.3, -0.25) is 9.78 Å². The first-order valence-electron chi connectivity index (χ1n) is 8.58. The lowest BCUT2D eigenvalue weighted by atomic mass is 10.0. The normalized spacial score (nSPS) is 10.2. The van der Waals surface area contributed by atoms with Crippen LogP contribution in [0.2, 0.25) is 0 Å². The number of aromatic nitrogens is 1. The number of nitrogens with zero attached hydrogens (tertiary/aromatic N) is 2. The van der Waals surface area contributed by atoms with Gasteiger partial charge >= 0.3 is 0 Å². The molecule has 0 saturated carbocycles. The van der Waals surface area contributed by atoms with Gasteiger partial charge in [0.1, 0.15) is 24.2 Å². The number of nitriles is 1. The Kier molecular flexibility index (Phi) is 5.56. The van der Waals surface area contributed by atoms with Crippen LogP contribution in [0.4, 0.5) is 0 Å². The molecule has 1 heterocycles. The molecular formula is C22H19N3O3. The molecule has 0 aliphatic heterocycles. The molecule has 2 aromatic carbocycles. The minimum atomic E-state index is -0.447. The largest absolute Gasteiger partial charge is 0.495 e. The number of methoxy groups -OCH3 is 1. The minimum absolute atomic E-state index is 0.336. The number of aryl methyl sites for hydroxylation is 1. The van der Waals surface area contributed by atoms with Crippen molar-refractivity contribution in [3.63, 3.8) is 0 Å². The van der Waals surface area contributed by atoms with Gasteiger partial charge in [-0.05, 0) is 54.4 Å². The smallest absolute Gasteiger partial charge is 0.248 e. The molecule has 0 bridgehead atoms. The van der Waals surface area contributed by atoms with Crippen LogP contribution in [-0.4, -0.2) is 18.0 Å². The van der Waals surface area contributed by atoms with E-state index in [0.717, 1.165) is 22.4 Å². The third kappa shape index (κ3) is 4.10. The predicted molar refractivity (Wildman–Crippen MR) is 105 cm³/mol. The Morgan fingerprint density at radius 2 is 2.00 bits per heavy atom. The van der Waals surface area contributed by atoms with Crippen molar-refractivity contribution in [2.75, 3.05) is 7.11 Å². The van der Waals surface area contributed by atoms with Crippen LogP contribution in [-0.2, 0) is 6.61 Å². The number of pyridine rings is 1. The zero-order valence-corrected chi connectivity index (χ0v) is 15.6. The Hall–Kier alpha value is -3.85. The number of carbonyl (C=O) groups excluding carboxylic acids is 1. The van der Waals surface area contributed by atoms with Gasteiger partial charge in [0.2, 0.25) is 5.91 Å². The summed E-state index contributed by atoms with van der Waals surface area (Å²) in [5.41, 5.74) is 9.72. The third-order valence-electron chi connectivity index (χ3n) is 4.31. The van der Waals surface area contributed by atoms with Crippen LogP contribution >= 0.6 is 0 Å². The van der Waals surface area contributed by atoms with E-state index in [0.29, 0.717) is 29.2 Å². The number of hydrogen-bond donors (Lipinski definition) is 1. The fourth-order valence-electron chi connectivity index (χ4n) is 2.84. The fourth-order valence-corrected chi connectivity index (χ4v) is 2.84. The van der Waals surface area contributed by atoms with Gasteiger partial charge in [0.15, 0.2) is 0 Å². The average molecular weight is 373 g/mol. The van der Waals surface area contributed by atoms with Gasteiger partial charge < -0.3 is 15.2 Å². The molecule has 0 atom stereocenters. The van der Waals surface area contributed by atoms with Crippen molar-refractivity contribution >= 4 is 5.91 Å². The van der Waals surface area contributed by atoms with Crippen molar-refractivity contribution < 1.29 is 14.3 Å². The van der Waals surface area contributed by atoms with E-state index in [-0.39, 0.29) is 0 Å². The van der Waals surface area contributed by atoms with Crippen LogP contribution in [0.1, 0.15) is 27.0 Å². The van der Waals surface area contributed by atoms with Crippen LogP contribution in [0.3, 0.4) is 0 Å². The molecule has 6 nitrogen and oxygen atoms in total. The number of nitrogens with two attached hydrogens (primary N) is 1. The van der Waals surface area contributed by atoms with Gasteiger partial charge in [-0.2, -0.15) is 5.26 Å². The second-order valence-electron chi connectivity index (χ2n) is 6.21. The van der Waals surface area contributed by atoms with E-state index in [4.69, 9.17) is 20.5 Å². The Morgan fingerprint density at radius 3 is 2.68 bits per heavy atom. The van der Waals surface area contributed by atoms with Crippen molar-refractivity contribution in [2.24, 2.45) is 5.73 Å². The van der Waals surface area contributed by atoms with E-state index in [1.807, 2.05) is 31.2 Å². The number of hydrogen-bond acceptors (Lipinski definition) is 5. The van der Waals surface area contributed by atoms with Crippen LogP contribution in [0, 0.1) is 18.3 Å². The van der Waals surface area contributed by atoms with E-state index in [2.05, 4.69) is 11.1 Å². The summed E-state index contributed by atoms with van der Waals surface area (Å²) in [6.45, 7) is 2.18. The predicted octanol–water partition coefficient (Wildman–Crippen LogP) is 3.62. The monoisotopic (exact) mass is 373 g/mol. The second kappa shape index (κ2) is 8.23. The zero-order valence-electron chi connectivity index (χ0n) is 15.6. The summed E-state index contributed by atoms with van der Waals surface area (Å²) in [7, 11) is 1.51. The molecule has 6 heteroatoms. The molecule has 0 spiro atoms. The maximum absolute atomic E-state index is 11.4. The van der Waals surface area contributed by atoms with Gasteiger partial charge in [-0.25, -0.2) is 0 Å². The van der Waals surface area contributed by atoms with Crippen molar-refractivity contribution in [2.45, 2.75) is 13.5 Å². The third-order valence-corrected chi connectivity index (χ3v) is 4.31. The topological polar surface area (TPSA) is 98.2 Å². The first-order valence-corrected chi connectivity index (χ1v) is 8.58. The summed E-state index contributed by atoms with van der Waals surface area (Å²) in [5, 5.41) is 9.05. The lowest BCUT2D eigenvalue weighted by molar-refractivity contribution is 0.0999. The molecule has 2 N–H and O–H groups in total. The fraction of sp³-hybridized carbons (Fsp3) is 0.136. The molecular weight excluding hydrogens is 354 g/mol. The van der Waals surface area contributed by atoms with E-state index in [1.54, 1.807) is 30.5 Å². The second-order valence-corrected chi connectivity index (χ2v) is 6.21. The molecule has 1 amide bonds. The number of amides is 1. The highest BCUT2D eigenvalue weighted by Gasteiger charge is 2.09. The Labute approximate surface area is 163 Å². The number of rotatable bonds is 6. The average Bonchev–Trinajstić information content (AvgIpc) is 2.71. The molecule has 3 rings (SSSR count). The van der Waals surface area contributed by atoms with Crippen LogP contribution < -0.4 is 15.2 Å². The highest BCUT2D eigenvalue weighted by Crippen LogP contribution is 2.25. The summed E-state index contributed by atoms with van der Waals surface area (Å²) in [5.74, 6) is 0.633. The van der Waals surface area contributed by atoms with Crippen molar-refractivity contribution in [1.29, 1.82) is 5.26 Å². The van der Waals surface area contributed by atoms with Gasteiger partial charge in [-0.1, -0.05) is 6.07 Å². The summed E-state index contributed by atoms with van der Waals surface area (Å²) in [4.78, 5) is 15.8.